The summed E-state index contributed by atoms with van der Waals surface area (Å²) in [6, 6.07) is 6.78. The van der Waals surface area contributed by atoms with Gasteiger partial charge in [-0.3, -0.25) is 0 Å². The van der Waals surface area contributed by atoms with Crippen molar-refractivity contribution in [3.63, 3.8) is 0 Å². The van der Waals surface area contributed by atoms with Gasteiger partial charge in [0.1, 0.15) is 5.75 Å². The Balaban J connectivity index is 2.07. The number of ether oxygens (including phenoxy) is 1. The minimum Gasteiger partial charge on any atom is -0.495 e. The minimum absolute atomic E-state index is 0.556. The van der Waals surface area contributed by atoms with Crippen molar-refractivity contribution in [2.75, 3.05) is 12.4 Å². The molecule has 0 unspecified atom stereocenters. The monoisotopic (exact) mass is 248 g/mol. The highest BCUT2D eigenvalue weighted by Crippen LogP contribution is 2.28. The molecule has 0 bridgehead atoms. The summed E-state index contributed by atoms with van der Waals surface area (Å²) in [4.78, 5) is 0. The van der Waals surface area contributed by atoms with Crippen molar-refractivity contribution in [2.45, 2.75) is 51.1 Å². The third kappa shape index (κ3) is 3.39. The van der Waals surface area contributed by atoms with Gasteiger partial charge >= 0.3 is 0 Å². The van der Waals surface area contributed by atoms with Crippen molar-refractivity contribution in [1.82, 2.24) is 0 Å². The quantitative estimate of drug-likeness (QED) is 0.804. The van der Waals surface area contributed by atoms with E-state index in [4.69, 9.17) is 10.5 Å². The lowest BCUT2D eigenvalue weighted by atomic mass is 10.1. The Morgan fingerprint density at radius 3 is 2.56 bits per heavy atom. The van der Waals surface area contributed by atoms with E-state index in [0.29, 0.717) is 12.6 Å². The lowest BCUT2D eigenvalue weighted by Crippen LogP contribution is -2.18. The zero-order valence-corrected chi connectivity index (χ0v) is 11.2. The third-order valence-electron chi connectivity index (χ3n) is 3.72. The lowest BCUT2D eigenvalue weighted by Gasteiger charge is -2.20. The molecule has 0 spiro atoms. The van der Waals surface area contributed by atoms with E-state index in [2.05, 4.69) is 17.4 Å². The highest BCUT2D eigenvalue weighted by Gasteiger charge is 2.13. The summed E-state index contributed by atoms with van der Waals surface area (Å²) in [5.41, 5.74) is 7.86. The number of hydrogen-bond donors (Lipinski definition) is 2. The van der Waals surface area contributed by atoms with Crippen LogP contribution in [0, 0.1) is 0 Å². The van der Waals surface area contributed by atoms with Crippen molar-refractivity contribution in [2.24, 2.45) is 5.73 Å². The number of benzene rings is 1. The van der Waals surface area contributed by atoms with E-state index in [1.165, 1.54) is 38.5 Å². The Labute approximate surface area is 110 Å². The van der Waals surface area contributed by atoms with E-state index in [1.807, 2.05) is 6.07 Å². The van der Waals surface area contributed by atoms with Gasteiger partial charge < -0.3 is 15.8 Å². The molecule has 2 rings (SSSR count). The highest BCUT2D eigenvalue weighted by molar-refractivity contribution is 5.58. The first kappa shape index (κ1) is 13.2. The normalized spacial score (nSPS) is 17.2. The summed E-state index contributed by atoms with van der Waals surface area (Å²) in [5, 5.41) is 3.63. The van der Waals surface area contributed by atoms with Crippen LogP contribution in [0.5, 0.6) is 5.75 Å². The van der Waals surface area contributed by atoms with Gasteiger partial charge in [-0.05, 0) is 30.5 Å². The predicted octanol–water partition coefficient (Wildman–Crippen LogP) is 3.29. The van der Waals surface area contributed by atoms with E-state index in [9.17, 15) is 0 Å². The van der Waals surface area contributed by atoms with Crippen LogP contribution >= 0.6 is 0 Å². The van der Waals surface area contributed by atoms with Crippen LogP contribution in [0.2, 0.25) is 0 Å². The van der Waals surface area contributed by atoms with Crippen molar-refractivity contribution in [3.05, 3.63) is 23.8 Å². The molecule has 1 aromatic carbocycles. The molecule has 0 aliphatic heterocycles. The minimum atomic E-state index is 0.556. The maximum atomic E-state index is 5.65. The largest absolute Gasteiger partial charge is 0.495 e. The van der Waals surface area contributed by atoms with Gasteiger partial charge in [-0.25, -0.2) is 0 Å². The molecular weight excluding hydrogens is 224 g/mol. The predicted molar refractivity (Wildman–Crippen MR) is 76.0 cm³/mol. The molecule has 0 amide bonds. The van der Waals surface area contributed by atoms with Crippen LogP contribution in [0.3, 0.4) is 0 Å². The van der Waals surface area contributed by atoms with Gasteiger partial charge in [0.2, 0.25) is 0 Å². The van der Waals surface area contributed by atoms with Crippen LogP contribution in [0.15, 0.2) is 18.2 Å². The number of anilines is 1. The first-order chi connectivity index (χ1) is 8.83. The van der Waals surface area contributed by atoms with Crippen molar-refractivity contribution < 1.29 is 4.74 Å². The van der Waals surface area contributed by atoms with Gasteiger partial charge in [0.05, 0.1) is 12.8 Å². The Kier molecular flexibility index (Phi) is 4.88. The average Bonchev–Trinajstić information content (AvgIpc) is 2.68. The molecule has 18 heavy (non-hydrogen) atoms. The average molecular weight is 248 g/mol. The molecular formula is C15H24N2O. The zero-order valence-electron chi connectivity index (χ0n) is 11.2. The second kappa shape index (κ2) is 6.64. The fourth-order valence-corrected chi connectivity index (χ4v) is 2.63. The zero-order chi connectivity index (χ0) is 12.8. The maximum absolute atomic E-state index is 5.65. The molecule has 1 fully saturated rings. The molecule has 0 atom stereocenters. The summed E-state index contributed by atoms with van der Waals surface area (Å²) in [7, 11) is 1.72. The topological polar surface area (TPSA) is 47.3 Å². The molecule has 3 nitrogen and oxygen atoms in total. The van der Waals surface area contributed by atoms with Crippen LogP contribution in [0.4, 0.5) is 5.69 Å². The first-order valence-electron chi connectivity index (χ1n) is 6.97. The molecule has 3 N–H and O–H groups in total. The van der Waals surface area contributed by atoms with E-state index < -0.39 is 0 Å². The molecule has 1 aromatic rings. The van der Waals surface area contributed by atoms with E-state index in [0.717, 1.165) is 17.0 Å². The van der Waals surface area contributed by atoms with Crippen LogP contribution in [0.25, 0.3) is 0 Å². The number of nitrogens with one attached hydrogen (secondary N) is 1. The number of methoxy groups -OCH3 is 1. The van der Waals surface area contributed by atoms with Gasteiger partial charge in [-0.2, -0.15) is 0 Å². The number of nitrogens with two attached hydrogens (primary N) is 1. The molecule has 0 heterocycles. The highest BCUT2D eigenvalue weighted by atomic mass is 16.5. The van der Waals surface area contributed by atoms with Crippen molar-refractivity contribution in [1.29, 1.82) is 0 Å². The van der Waals surface area contributed by atoms with Crippen molar-refractivity contribution in [3.8, 4) is 5.75 Å². The summed E-state index contributed by atoms with van der Waals surface area (Å²) in [6.45, 7) is 0.556. The molecule has 0 saturated heterocycles. The second-order valence-corrected chi connectivity index (χ2v) is 5.07. The Morgan fingerprint density at radius 1 is 1.22 bits per heavy atom. The summed E-state index contributed by atoms with van der Waals surface area (Å²) in [6.07, 6.45) is 7.95. The molecule has 0 radical (unpaired) electrons. The summed E-state index contributed by atoms with van der Waals surface area (Å²) < 4.78 is 5.44. The van der Waals surface area contributed by atoms with Gasteiger partial charge in [0.25, 0.3) is 0 Å². The molecule has 3 heteroatoms. The summed E-state index contributed by atoms with van der Waals surface area (Å²) >= 11 is 0. The second-order valence-electron chi connectivity index (χ2n) is 5.07. The standard InChI is InChI=1S/C15H24N2O/c1-18-15-10-12(11-16)8-9-14(15)17-13-6-4-2-3-5-7-13/h8-10,13,17H,2-7,11,16H2,1H3. The van der Waals surface area contributed by atoms with Crippen LogP contribution in [-0.2, 0) is 6.54 Å². The van der Waals surface area contributed by atoms with Gasteiger partial charge in [-0.15, -0.1) is 0 Å². The number of rotatable bonds is 4. The molecule has 1 aliphatic carbocycles. The molecule has 100 valence electrons. The Hall–Kier alpha value is -1.22. The summed E-state index contributed by atoms with van der Waals surface area (Å²) in [5.74, 6) is 0.905. The van der Waals surface area contributed by atoms with Gasteiger partial charge in [0, 0.05) is 12.6 Å². The van der Waals surface area contributed by atoms with E-state index in [1.54, 1.807) is 7.11 Å². The lowest BCUT2D eigenvalue weighted by molar-refractivity contribution is 0.415. The number of hydrogen-bond acceptors (Lipinski definition) is 3. The van der Waals surface area contributed by atoms with Gasteiger partial charge in [-0.1, -0.05) is 31.7 Å². The van der Waals surface area contributed by atoms with Gasteiger partial charge in [0.15, 0.2) is 0 Å². The van der Waals surface area contributed by atoms with E-state index >= 15 is 0 Å². The van der Waals surface area contributed by atoms with E-state index in [-0.39, 0.29) is 0 Å². The fourth-order valence-electron chi connectivity index (χ4n) is 2.63. The van der Waals surface area contributed by atoms with Crippen molar-refractivity contribution >= 4 is 5.69 Å². The van der Waals surface area contributed by atoms with Crippen LogP contribution in [-0.4, -0.2) is 13.2 Å². The Morgan fingerprint density at radius 2 is 1.94 bits per heavy atom. The smallest absolute Gasteiger partial charge is 0.142 e. The molecule has 1 aliphatic rings. The third-order valence-corrected chi connectivity index (χ3v) is 3.72. The fraction of sp³-hybridized carbons (Fsp3) is 0.600. The first-order valence-corrected chi connectivity index (χ1v) is 6.97. The molecule has 1 saturated carbocycles. The van der Waals surface area contributed by atoms with Crippen LogP contribution < -0.4 is 15.8 Å². The maximum Gasteiger partial charge on any atom is 0.142 e. The SMILES string of the molecule is COc1cc(CN)ccc1NC1CCCCCC1. The Bertz CT molecular complexity index is 371. The van der Waals surface area contributed by atoms with Crippen LogP contribution in [0.1, 0.15) is 44.1 Å². The molecule has 0 aromatic heterocycles.